The van der Waals surface area contributed by atoms with E-state index in [0.29, 0.717) is 31.1 Å². The number of fused-ring (bicyclic) bond motifs is 1. The highest BCUT2D eigenvalue weighted by molar-refractivity contribution is 6.30. The second-order valence-electron chi connectivity index (χ2n) is 9.26. The maximum absolute atomic E-state index is 10.4. The summed E-state index contributed by atoms with van der Waals surface area (Å²) < 4.78 is 5.90. The molecule has 0 spiro atoms. The van der Waals surface area contributed by atoms with E-state index in [1.807, 2.05) is 18.2 Å². The summed E-state index contributed by atoms with van der Waals surface area (Å²) in [5.41, 5.74) is 3.07. The average Bonchev–Trinajstić information content (AvgIpc) is 2.68. The number of hydrogen-bond acceptors (Lipinski definition) is 4. The Morgan fingerprint density at radius 2 is 2.04 bits per heavy atom. The van der Waals surface area contributed by atoms with Crippen molar-refractivity contribution >= 4 is 17.3 Å². The predicted octanol–water partition coefficient (Wildman–Crippen LogP) is 3.83. The van der Waals surface area contributed by atoms with Crippen LogP contribution in [0.1, 0.15) is 26.7 Å². The summed E-state index contributed by atoms with van der Waals surface area (Å²) in [5, 5.41) is 11.2. The van der Waals surface area contributed by atoms with E-state index in [-0.39, 0.29) is 0 Å². The Bertz CT molecular complexity index is 712. The van der Waals surface area contributed by atoms with Crippen LogP contribution in [0.3, 0.4) is 0 Å². The molecule has 5 heteroatoms. The highest BCUT2D eigenvalue weighted by atomic mass is 35.5. The SMILES string of the molecule is CC1(C)[C@H]2CC=C(COC[C@@H](O)CN3CCN(c4cccc(Cl)c4)CC3)[C@H]1C2. The molecule has 1 saturated heterocycles. The molecule has 28 heavy (non-hydrogen) atoms. The van der Waals surface area contributed by atoms with E-state index in [1.54, 1.807) is 0 Å². The first-order valence-electron chi connectivity index (χ1n) is 10.6. The molecule has 0 aromatic heterocycles. The van der Waals surface area contributed by atoms with Crippen LogP contribution in [0, 0.1) is 17.3 Å². The number of anilines is 1. The summed E-state index contributed by atoms with van der Waals surface area (Å²) in [5.74, 6) is 1.54. The molecule has 0 radical (unpaired) electrons. The van der Waals surface area contributed by atoms with Crippen molar-refractivity contribution in [1.29, 1.82) is 0 Å². The van der Waals surface area contributed by atoms with E-state index in [0.717, 1.165) is 37.1 Å². The fraction of sp³-hybridized carbons (Fsp3) is 0.652. The number of β-amino-alcohol motifs (C(OH)–C–C–N with tert-alkyl or cyclic N) is 1. The Labute approximate surface area is 174 Å². The smallest absolute Gasteiger partial charge is 0.0900 e. The van der Waals surface area contributed by atoms with Gasteiger partial charge in [-0.1, -0.05) is 37.6 Å². The zero-order valence-corrected chi connectivity index (χ0v) is 17.9. The van der Waals surface area contributed by atoms with Crippen molar-refractivity contribution in [2.45, 2.75) is 32.8 Å². The molecule has 1 aromatic rings. The van der Waals surface area contributed by atoms with Gasteiger partial charge in [0.25, 0.3) is 0 Å². The number of aliphatic hydroxyl groups excluding tert-OH is 1. The standard InChI is InChI=1S/C23H33ClN2O2/c1-23(2)18-7-6-17(22(23)12-18)15-28-16-21(27)14-25-8-10-26(11-9-25)20-5-3-4-19(24)13-20/h3-6,13,18,21-22,27H,7-12,14-16H2,1-2H3/t18-,21-,22+/m0/s1. The number of hydrogen-bond donors (Lipinski definition) is 1. The summed E-state index contributed by atoms with van der Waals surface area (Å²) in [4.78, 5) is 4.68. The molecular formula is C23H33ClN2O2. The third-order valence-electron chi connectivity index (χ3n) is 7.18. The molecule has 2 bridgehead atoms. The van der Waals surface area contributed by atoms with Gasteiger partial charge in [0.05, 0.1) is 19.3 Å². The van der Waals surface area contributed by atoms with E-state index >= 15 is 0 Å². The minimum absolute atomic E-state index is 0.419. The number of nitrogens with zero attached hydrogens (tertiary/aromatic N) is 2. The molecule has 1 N–H and O–H groups in total. The van der Waals surface area contributed by atoms with Gasteiger partial charge in [0.1, 0.15) is 0 Å². The molecule has 1 heterocycles. The minimum Gasteiger partial charge on any atom is -0.389 e. The fourth-order valence-corrected chi connectivity index (χ4v) is 5.35. The first-order valence-corrected chi connectivity index (χ1v) is 11.0. The van der Waals surface area contributed by atoms with E-state index in [9.17, 15) is 5.11 Å². The van der Waals surface area contributed by atoms with Crippen molar-refractivity contribution in [2.24, 2.45) is 17.3 Å². The normalized spacial score (nSPS) is 27.9. The molecule has 3 aliphatic carbocycles. The molecule has 0 unspecified atom stereocenters. The summed E-state index contributed by atoms with van der Waals surface area (Å²) >= 11 is 6.11. The van der Waals surface area contributed by atoms with Gasteiger partial charge in [-0.25, -0.2) is 0 Å². The topological polar surface area (TPSA) is 35.9 Å². The van der Waals surface area contributed by atoms with E-state index in [4.69, 9.17) is 16.3 Å². The third-order valence-corrected chi connectivity index (χ3v) is 7.41. The molecule has 1 aliphatic heterocycles. The number of piperazine rings is 1. The predicted molar refractivity (Wildman–Crippen MR) is 115 cm³/mol. The monoisotopic (exact) mass is 404 g/mol. The Kier molecular flexibility index (Phi) is 6.03. The lowest BCUT2D eigenvalue weighted by molar-refractivity contribution is -0.0262. The van der Waals surface area contributed by atoms with Crippen LogP contribution in [-0.4, -0.2) is 62.0 Å². The second-order valence-corrected chi connectivity index (χ2v) is 9.69. The van der Waals surface area contributed by atoms with Crippen LogP contribution < -0.4 is 4.90 Å². The van der Waals surface area contributed by atoms with Crippen molar-refractivity contribution in [3.63, 3.8) is 0 Å². The van der Waals surface area contributed by atoms with Crippen LogP contribution in [0.5, 0.6) is 0 Å². The largest absolute Gasteiger partial charge is 0.389 e. The van der Waals surface area contributed by atoms with E-state index in [2.05, 4.69) is 35.8 Å². The van der Waals surface area contributed by atoms with Gasteiger partial charge in [-0.15, -0.1) is 0 Å². The lowest BCUT2D eigenvalue weighted by atomic mass is 9.49. The minimum atomic E-state index is -0.427. The molecule has 1 saturated carbocycles. The van der Waals surface area contributed by atoms with Crippen molar-refractivity contribution in [2.75, 3.05) is 50.8 Å². The van der Waals surface area contributed by atoms with Crippen LogP contribution in [0.25, 0.3) is 0 Å². The Morgan fingerprint density at radius 1 is 1.25 bits per heavy atom. The van der Waals surface area contributed by atoms with Crippen molar-refractivity contribution < 1.29 is 9.84 Å². The van der Waals surface area contributed by atoms with Crippen molar-refractivity contribution in [3.05, 3.63) is 40.9 Å². The number of halogens is 1. The number of aliphatic hydroxyl groups is 1. The second kappa shape index (κ2) is 8.35. The van der Waals surface area contributed by atoms with Gasteiger partial charge in [0.2, 0.25) is 0 Å². The zero-order valence-electron chi connectivity index (χ0n) is 17.1. The molecule has 5 rings (SSSR count). The number of benzene rings is 1. The highest BCUT2D eigenvalue weighted by Crippen LogP contribution is 2.59. The Morgan fingerprint density at radius 3 is 2.71 bits per heavy atom. The first-order chi connectivity index (χ1) is 13.4. The summed E-state index contributed by atoms with van der Waals surface area (Å²) in [6, 6.07) is 8.03. The fourth-order valence-electron chi connectivity index (χ4n) is 5.17. The van der Waals surface area contributed by atoms with Crippen LogP contribution in [-0.2, 0) is 4.74 Å². The Hall–Kier alpha value is -1.07. The van der Waals surface area contributed by atoms with E-state index < -0.39 is 6.10 Å². The molecule has 3 atom stereocenters. The lowest BCUT2D eigenvalue weighted by Crippen LogP contribution is -2.49. The molecule has 2 fully saturated rings. The molecule has 0 amide bonds. The average molecular weight is 405 g/mol. The lowest BCUT2D eigenvalue weighted by Gasteiger charge is -2.56. The summed E-state index contributed by atoms with van der Waals surface area (Å²) in [6.07, 6.45) is 4.47. The van der Waals surface area contributed by atoms with Gasteiger partial charge < -0.3 is 14.7 Å². The first kappa shape index (κ1) is 20.2. The number of allylic oxidation sites excluding steroid dienone is 1. The maximum atomic E-state index is 10.4. The Balaban J connectivity index is 1.16. The highest BCUT2D eigenvalue weighted by Gasteiger charge is 2.50. The third kappa shape index (κ3) is 4.25. The molecule has 154 valence electrons. The van der Waals surface area contributed by atoms with E-state index in [1.165, 1.54) is 24.1 Å². The van der Waals surface area contributed by atoms with Crippen molar-refractivity contribution in [3.8, 4) is 0 Å². The number of rotatable bonds is 7. The molecular weight excluding hydrogens is 372 g/mol. The van der Waals surface area contributed by atoms with Crippen LogP contribution >= 0.6 is 11.6 Å². The van der Waals surface area contributed by atoms with Crippen LogP contribution in [0.4, 0.5) is 5.69 Å². The number of ether oxygens (including phenoxy) is 1. The quantitative estimate of drug-likeness (QED) is 0.700. The van der Waals surface area contributed by atoms with Crippen LogP contribution in [0.2, 0.25) is 5.02 Å². The van der Waals surface area contributed by atoms with Crippen LogP contribution in [0.15, 0.2) is 35.9 Å². The summed E-state index contributed by atoms with van der Waals surface area (Å²) in [7, 11) is 0. The molecule has 1 aromatic carbocycles. The van der Waals surface area contributed by atoms with Gasteiger partial charge in [-0.05, 0) is 53.9 Å². The molecule has 4 aliphatic rings. The zero-order chi connectivity index (χ0) is 19.7. The van der Waals surface area contributed by atoms with Gasteiger partial charge in [0.15, 0.2) is 0 Å². The van der Waals surface area contributed by atoms with Gasteiger partial charge in [-0.2, -0.15) is 0 Å². The maximum Gasteiger partial charge on any atom is 0.0900 e. The van der Waals surface area contributed by atoms with Gasteiger partial charge in [-0.3, -0.25) is 4.90 Å². The molecule has 4 nitrogen and oxygen atoms in total. The van der Waals surface area contributed by atoms with Crippen molar-refractivity contribution in [1.82, 2.24) is 4.90 Å². The van der Waals surface area contributed by atoms with Gasteiger partial charge in [0, 0.05) is 43.4 Å². The summed E-state index contributed by atoms with van der Waals surface area (Å²) in [6.45, 7) is 10.4. The van der Waals surface area contributed by atoms with Gasteiger partial charge >= 0.3 is 0 Å².